The molecule has 1 aromatic rings. The van der Waals surface area contributed by atoms with Gasteiger partial charge in [0.25, 0.3) is 0 Å². The monoisotopic (exact) mass is 276 g/mol. The Kier molecular flexibility index (Phi) is 4.14. The number of nitrogens with two attached hydrogens (primary N) is 1. The van der Waals surface area contributed by atoms with Gasteiger partial charge in [-0.3, -0.25) is 4.79 Å². The second-order valence-corrected chi connectivity index (χ2v) is 6.51. The molecule has 110 valence electrons. The largest absolute Gasteiger partial charge is 0.383 e. The molecule has 1 aliphatic carbocycles. The van der Waals surface area contributed by atoms with E-state index in [2.05, 4.69) is 18.8 Å². The molecule has 20 heavy (non-hydrogen) atoms. The third-order valence-electron chi connectivity index (χ3n) is 4.59. The molecule has 4 nitrogen and oxygen atoms in total. The number of nitrogen functional groups attached to an aromatic ring is 1. The number of methoxy groups -OCH3 is 1. The summed E-state index contributed by atoms with van der Waals surface area (Å²) >= 11 is 0. The van der Waals surface area contributed by atoms with Gasteiger partial charge in [-0.15, -0.1) is 0 Å². The summed E-state index contributed by atoms with van der Waals surface area (Å²) in [5, 5.41) is 0. The Morgan fingerprint density at radius 2 is 2.00 bits per heavy atom. The van der Waals surface area contributed by atoms with Crippen LogP contribution in [-0.2, 0) is 16.0 Å². The van der Waals surface area contributed by atoms with Gasteiger partial charge in [-0.1, -0.05) is 19.9 Å². The Balaban J connectivity index is 2.13. The number of pyridine rings is 1. The molecule has 0 aromatic carbocycles. The number of rotatable bonds is 4. The summed E-state index contributed by atoms with van der Waals surface area (Å²) in [4.78, 5) is 16.7. The first-order chi connectivity index (χ1) is 9.38. The van der Waals surface area contributed by atoms with Gasteiger partial charge < -0.3 is 10.5 Å². The van der Waals surface area contributed by atoms with E-state index in [0.29, 0.717) is 17.7 Å². The fourth-order valence-electron chi connectivity index (χ4n) is 2.86. The highest BCUT2D eigenvalue weighted by molar-refractivity contribution is 5.90. The van der Waals surface area contributed by atoms with Crippen LogP contribution < -0.4 is 5.73 Å². The van der Waals surface area contributed by atoms with Crippen LogP contribution in [0.15, 0.2) is 18.3 Å². The van der Waals surface area contributed by atoms with Crippen molar-refractivity contribution in [2.75, 3.05) is 12.8 Å². The fraction of sp³-hybridized carbons (Fsp3) is 0.625. The van der Waals surface area contributed by atoms with Crippen LogP contribution in [0.25, 0.3) is 0 Å². The van der Waals surface area contributed by atoms with Crippen LogP contribution in [0.2, 0.25) is 0 Å². The molecule has 0 radical (unpaired) electrons. The highest BCUT2D eigenvalue weighted by Crippen LogP contribution is 2.42. The maximum atomic E-state index is 12.7. The van der Waals surface area contributed by atoms with Crippen molar-refractivity contribution in [3.8, 4) is 0 Å². The quantitative estimate of drug-likeness (QED) is 0.918. The fourth-order valence-corrected chi connectivity index (χ4v) is 2.86. The van der Waals surface area contributed by atoms with E-state index >= 15 is 0 Å². The maximum Gasteiger partial charge on any atom is 0.169 e. The summed E-state index contributed by atoms with van der Waals surface area (Å²) in [7, 11) is 1.64. The molecule has 1 heterocycles. The van der Waals surface area contributed by atoms with E-state index in [-0.39, 0.29) is 5.78 Å². The first kappa shape index (κ1) is 15.0. The minimum Gasteiger partial charge on any atom is -0.383 e. The predicted molar refractivity (Wildman–Crippen MR) is 79.3 cm³/mol. The van der Waals surface area contributed by atoms with Crippen LogP contribution in [-0.4, -0.2) is 23.5 Å². The van der Waals surface area contributed by atoms with E-state index < -0.39 is 5.60 Å². The average molecular weight is 276 g/mol. The van der Waals surface area contributed by atoms with Gasteiger partial charge in [-0.05, 0) is 37.2 Å². The number of carbonyl (C=O) groups excluding carboxylic acids is 1. The van der Waals surface area contributed by atoms with Crippen molar-refractivity contribution in [2.45, 2.75) is 51.6 Å². The second-order valence-electron chi connectivity index (χ2n) is 6.51. The Hall–Kier alpha value is -1.42. The maximum absolute atomic E-state index is 12.7. The lowest BCUT2D eigenvalue weighted by molar-refractivity contribution is -0.147. The number of aromatic nitrogens is 1. The molecule has 0 spiro atoms. The van der Waals surface area contributed by atoms with Crippen molar-refractivity contribution in [2.24, 2.45) is 5.41 Å². The van der Waals surface area contributed by atoms with Crippen molar-refractivity contribution >= 4 is 11.6 Å². The lowest BCUT2D eigenvalue weighted by Crippen LogP contribution is -2.46. The molecule has 1 saturated carbocycles. The predicted octanol–water partition coefficient (Wildman–Crippen LogP) is 2.76. The van der Waals surface area contributed by atoms with Crippen LogP contribution in [0.3, 0.4) is 0 Å². The van der Waals surface area contributed by atoms with E-state index in [1.165, 1.54) is 0 Å². The van der Waals surface area contributed by atoms with Crippen LogP contribution in [0, 0.1) is 5.41 Å². The van der Waals surface area contributed by atoms with Crippen LogP contribution in [0.4, 0.5) is 5.82 Å². The Bertz CT molecular complexity index is 487. The van der Waals surface area contributed by atoms with Crippen molar-refractivity contribution in [1.82, 2.24) is 4.98 Å². The first-order valence-electron chi connectivity index (χ1n) is 7.16. The van der Waals surface area contributed by atoms with Gasteiger partial charge in [0.15, 0.2) is 5.78 Å². The highest BCUT2D eigenvalue weighted by Gasteiger charge is 2.43. The molecule has 0 saturated heterocycles. The number of Topliss-reactive ketones (excluding diaryl/α,β-unsaturated/α-hetero) is 1. The van der Waals surface area contributed by atoms with Crippen LogP contribution in [0.1, 0.15) is 45.1 Å². The number of ketones is 1. The number of hydrogen-bond acceptors (Lipinski definition) is 4. The average Bonchev–Trinajstić information content (AvgIpc) is 2.42. The summed E-state index contributed by atoms with van der Waals surface area (Å²) in [6.45, 7) is 4.49. The summed E-state index contributed by atoms with van der Waals surface area (Å²) in [5.74, 6) is 0.554. The number of nitrogens with zero attached hydrogens (tertiary/aromatic N) is 1. The molecule has 2 N–H and O–H groups in total. The first-order valence-corrected chi connectivity index (χ1v) is 7.16. The molecule has 4 heteroatoms. The van der Waals surface area contributed by atoms with Crippen LogP contribution >= 0.6 is 0 Å². The molecule has 2 rings (SSSR count). The van der Waals surface area contributed by atoms with Gasteiger partial charge in [-0.25, -0.2) is 4.98 Å². The minimum atomic E-state index is -0.641. The van der Waals surface area contributed by atoms with Gasteiger partial charge >= 0.3 is 0 Å². The number of anilines is 1. The van der Waals surface area contributed by atoms with Gasteiger partial charge in [0.05, 0.1) is 0 Å². The molecule has 0 bridgehead atoms. The van der Waals surface area contributed by atoms with E-state index in [1.54, 1.807) is 13.3 Å². The smallest absolute Gasteiger partial charge is 0.169 e. The Labute approximate surface area is 120 Å². The number of carbonyl (C=O) groups is 1. The third-order valence-corrected chi connectivity index (χ3v) is 4.59. The summed E-state index contributed by atoms with van der Waals surface area (Å²) in [6, 6.07) is 3.67. The minimum absolute atomic E-state index is 0.121. The van der Waals surface area contributed by atoms with Gasteiger partial charge in [-0.2, -0.15) is 0 Å². The van der Waals surface area contributed by atoms with Crippen LogP contribution in [0.5, 0.6) is 0 Å². The van der Waals surface area contributed by atoms with Gasteiger partial charge in [0, 0.05) is 25.3 Å². The van der Waals surface area contributed by atoms with Crippen molar-refractivity contribution in [1.29, 1.82) is 0 Å². The zero-order chi connectivity index (χ0) is 14.8. The molecule has 0 atom stereocenters. The summed E-state index contributed by atoms with van der Waals surface area (Å²) < 4.78 is 5.64. The molecule has 1 aliphatic rings. The SMILES string of the molecule is COC1(C(=O)Cc2cccnc2N)CCC(C)(C)CC1. The van der Waals surface area contributed by atoms with Crippen molar-refractivity contribution in [3.63, 3.8) is 0 Å². The molecule has 1 aromatic heterocycles. The Morgan fingerprint density at radius 3 is 2.55 bits per heavy atom. The number of hydrogen-bond donors (Lipinski definition) is 1. The van der Waals surface area contributed by atoms with Gasteiger partial charge in [0.1, 0.15) is 11.4 Å². The standard InChI is InChI=1S/C16H24N2O2/c1-15(2)6-8-16(20-3,9-7-15)13(19)11-12-5-4-10-18-14(12)17/h4-5,10H,6-9,11H2,1-3H3,(H2,17,18). The van der Waals surface area contributed by atoms with E-state index in [0.717, 1.165) is 31.2 Å². The summed E-state index contributed by atoms with van der Waals surface area (Å²) in [5.41, 5.74) is 6.27. The molecule has 0 unspecified atom stereocenters. The van der Waals surface area contributed by atoms with Crippen molar-refractivity contribution < 1.29 is 9.53 Å². The summed E-state index contributed by atoms with van der Waals surface area (Å²) in [6.07, 6.45) is 5.53. The normalized spacial score (nSPS) is 20.6. The molecule has 0 aliphatic heterocycles. The van der Waals surface area contributed by atoms with Crippen molar-refractivity contribution in [3.05, 3.63) is 23.9 Å². The lowest BCUT2D eigenvalue weighted by atomic mass is 9.69. The molecule has 1 fully saturated rings. The molecule has 0 amide bonds. The third kappa shape index (κ3) is 3.01. The zero-order valence-corrected chi connectivity index (χ0v) is 12.6. The van der Waals surface area contributed by atoms with Gasteiger partial charge in [0.2, 0.25) is 0 Å². The van der Waals surface area contributed by atoms with E-state index in [4.69, 9.17) is 10.5 Å². The van der Waals surface area contributed by atoms with E-state index in [9.17, 15) is 4.79 Å². The van der Waals surface area contributed by atoms with E-state index in [1.807, 2.05) is 12.1 Å². The molecular formula is C16H24N2O2. The topological polar surface area (TPSA) is 65.2 Å². The number of ether oxygens (including phenoxy) is 1. The Morgan fingerprint density at radius 1 is 1.35 bits per heavy atom. The zero-order valence-electron chi connectivity index (χ0n) is 12.6. The highest BCUT2D eigenvalue weighted by atomic mass is 16.5. The molecular weight excluding hydrogens is 252 g/mol. The second kappa shape index (κ2) is 5.52. The lowest BCUT2D eigenvalue weighted by Gasteiger charge is -2.41.